The monoisotopic (exact) mass is 301 g/mol. The maximum Gasteiger partial charge on any atom is 0.231 e. The number of halogens is 1. The molecule has 0 bridgehead atoms. The second-order valence-corrected chi connectivity index (χ2v) is 4.63. The van der Waals surface area contributed by atoms with E-state index in [9.17, 15) is 14.7 Å². The molecule has 0 saturated heterocycles. The van der Waals surface area contributed by atoms with Gasteiger partial charge in [-0.2, -0.15) is 0 Å². The van der Waals surface area contributed by atoms with Gasteiger partial charge in [0.15, 0.2) is 11.5 Å². The first-order chi connectivity index (χ1) is 9.33. The van der Waals surface area contributed by atoms with Crippen LogP contribution >= 0.6 is 11.6 Å². The molecule has 110 valence electrons. The molecule has 0 aromatic heterocycles. The van der Waals surface area contributed by atoms with Gasteiger partial charge in [0, 0.05) is 23.2 Å². The average molecular weight is 302 g/mol. The lowest BCUT2D eigenvalue weighted by molar-refractivity contribution is -0.122. The third-order valence-corrected chi connectivity index (χ3v) is 2.71. The lowest BCUT2D eigenvalue weighted by Gasteiger charge is -2.20. The minimum Gasteiger partial charge on any atom is -0.504 e. The number of ether oxygens (including phenoxy) is 1. The second kappa shape index (κ2) is 6.97. The van der Waals surface area contributed by atoms with Crippen molar-refractivity contribution in [1.29, 1.82) is 0 Å². The van der Waals surface area contributed by atoms with Crippen molar-refractivity contribution in [2.75, 3.05) is 20.2 Å². The fourth-order valence-electron chi connectivity index (χ4n) is 1.75. The molecule has 0 saturated carbocycles. The molecule has 1 rings (SSSR count). The fraction of sp³-hybridized carbons (Fsp3) is 0.333. The molecule has 0 aliphatic heterocycles. The largest absolute Gasteiger partial charge is 0.504 e. The molecule has 0 atom stereocenters. The first kappa shape index (κ1) is 16.1. The van der Waals surface area contributed by atoms with Crippen LogP contribution in [0.3, 0.4) is 0 Å². The molecule has 0 radical (unpaired) electrons. The van der Waals surface area contributed by atoms with Crippen molar-refractivity contribution >= 4 is 23.4 Å². The molecule has 2 amide bonds. The van der Waals surface area contributed by atoms with Gasteiger partial charge in [-0.15, -0.1) is 0 Å². The van der Waals surface area contributed by atoms with E-state index in [-0.39, 0.29) is 31.1 Å². The van der Waals surface area contributed by atoms with E-state index in [2.05, 4.69) is 0 Å². The molecular formula is C12H16ClN3O4. The first-order valence-corrected chi connectivity index (χ1v) is 6.05. The molecule has 20 heavy (non-hydrogen) atoms. The van der Waals surface area contributed by atoms with E-state index in [1.165, 1.54) is 24.1 Å². The molecule has 0 aliphatic carbocycles. The highest BCUT2D eigenvalue weighted by Crippen LogP contribution is 2.34. The van der Waals surface area contributed by atoms with Crippen LogP contribution < -0.4 is 16.2 Å². The highest BCUT2D eigenvalue weighted by molar-refractivity contribution is 6.30. The standard InChI is InChI=1S/C12H16ClN3O4/c1-20-9-3-8(13)2-7(12(9)19)4-16(5-10(14)17)6-11(15)18/h2-3,19H,4-6H2,1H3,(H2,14,17)(H2,15,18). The van der Waals surface area contributed by atoms with Crippen LogP contribution in [-0.2, 0) is 16.1 Å². The molecule has 5 N–H and O–H groups in total. The zero-order valence-corrected chi connectivity index (χ0v) is 11.7. The topological polar surface area (TPSA) is 119 Å². The smallest absolute Gasteiger partial charge is 0.231 e. The predicted molar refractivity (Wildman–Crippen MR) is 73.3 cm³/mol. The summed E-state index contributed by atoms with van der Waals surface area (Å²) in [5.41, 5.74) is 10.6. The minimum absolute atomic E-state index is 0.0780. The van der Waals surface area contributed by atoms with Crippen LogP contribution in [0.4, 0.5) is 0 Å². The van der Waals surface area contributed by atoms with Crippen LogP contribution in [-0.4, -0.2) is 42.0 Å². The summed E-state index contributed by atoms with van der Waals surface area (Å²) in [6.07, 6.45) is 0. The lowest BCUT2D eigenvalue weighted by Crippen LogP contribution is -2.39. The molecule has 0 spiro atoms. The summed E-state index contributed by atoms with van der Waals surface area (Å²) in [5, 5.41) is 10.3. The van der Waals surface area contributed by atoms with E-state index in [0.29, 0.717) is 10.6 Å². The Morgan fingerprint density at radius 3 is 2.30 bits per heavy atom. The number of primary amides is 2. The number of nitrogens with zero attached hydrogens (tertiary/aromatic N) is 1. The fourth-order valence-corrected chi connectivity index (χ4v) is 1.98. The van der Waals surface area contributed by atoms with Gasteiger partial charge in [0.25, 0.3) is 0 Å². The molecular weight excluding hydrogens is 286 g/mol. The summed E-state index contributed by atoms with van der Waals surface area (Å²) in [7, 11) is 1.39. The third kappa shape index (κ3) is 4.60. The average Bonchev–Trinajstić information content (AvgIpc) is 2.31. The van der Waals surface area contributed by atoms with E-state index < -0.39 is 11.8 Å². The van der Waals surface area contributed by atoms with Crippen molar-refractivity contribution in [1.82, 2.24) is 4.90 Å². The summed E-state index contributed by atoms with van der Waals surface area (Å²) in [6, 6.07) is 2.96. The number of phenolic OH excluding ortho intramolecular Hbond substituents is 1. The normalized spacial score (nSPS) is 10.6. The Bertz CT molecular complexity index is 506. The zero-order valence-electron chi connectivity index (χ0n) is 10.9. The Morgan fingerprint density at radius 1 is 1.30 bits per heavy atom. The molecule has 0 fully saturated rings. The number of hydrogen-bond donors (Lipinski definition) is 3. The molecule has 0 aliphatic rings. The van der Waals surface area contributed by atoms with Gasteiger partial charge in [-0.1, -0.05) is 11.6 Å². The first-order valence-electron chi connectivity index (χ1n) is 5.67. The number of carbonyl (C=O) groups excluding carboxylic acids is 2. The molecule has 1 aromatic rings. The molecule has 0 heterocycles. The van der Waals surface area contributed by atoms with E-state index in [4.69, 9.17) is 27.8 Å². The van der Waals surface area contributed by atoms with Crippen molar-refractivity contribution in [3.63, 3.8) is 0 Å². The van der Waals surface area contributed by atoms with E-state index in [1.54, 1.807) is 0 Å². The molecule has 8 heteroatoms. The SMILES string of the molecule is COc1cc(Cl)cc(CN(CC(N)=O)CC(N)=O)c1O. The summed E-state index contributed by atoms with van der Waals surface area (Å²) in [5.74, 6) is -1.14. The summed E-state index contributed by atoms with van der Waals surface area (Å²) in [4.78, 5) is 23.3. The van der Waals surface area contributed by atoms with Crippen LogP contribution in [0, 0.1) is 0 Å². The number of hydrogen-bond acceptors (Lipinski definition) is 5. The van der Waals surface area contributed by atoms with Gasteiger partial charge in [0.2, 0.25) is 11.8 Å². The number of carbonyl (C=O) groups is 2. The van der Waals surface area contributed by atoms with Crippen molar-refractivity contribution in [2.24, 2.45) is 11.5 Å². The Hall–Kier alpha value is -1.99. The molecule has 1 aromatic carbocycles. The van der Waals surface area contributed by atoms with Crippen LogP contribution in [0.5, 0.6) is 11.5 Å². The van der Waals surface area contributed by atoms with Gasteiger partial charge in [-0.05, 0) is 6.07 Å². The predicted octanol–water partition coefficient (Wildman–Crippen LogP) is -0.173. The highest BCUT2D eigenvalue weighted by Gasteiger charge is 2.16. The number of nitrogens with two attached hydrogens (primary N) is 2. The van der Waals surface area contributed by atoms with Gasteiger partial charge in [-0.25, -0.2) is 0 Å². The van der Waals surface area contributed by atoms with Gasteiger partial charge in [0.05, 0.1) is 20.2 Å². The number of rotatable bonds is 7. The number of aromatic hydroxyl groups is 1. The Balaban J connectivity index is 3.00. The number of phenols is 1. The van der Waals surface area contributed by atoms with Crippen LogP contribution in [0.25, 0.3) is 0 Å². The van der Waals surface area contributed by atoms with Crippen LogP contribution in [0.1, 0.15) is 5.56 Å². The quantitative estimate of drug-likeness (QED) is 0.646. The second-order valence-electron chi connectivity index (χ2n) is 4.19. The Kier molecular flexibility index (Phi) is 5.60. The number of benzene rings is 1. The summed E-state index contributed by atoms with van der Waals surface area (Å²) in [6.45, 7) is -0.261. The van der Waals surface area contributed by atoms with Gasteiger partial charge < -0.3 is 21.3 Å². The highest BCUT2D eigenvalue weighted by atomic mass is 35.5. The molecule has 0 unspecified atom stereocenters. The van der Waals surface area contributed by atoms with Crippen LogP contribution in [0.2, 0.25) is 5.02 Å². The summed E-state index contributed by atoms with van der Waals surface area (Å²) < 4.78 is 4.97. The van der Waals surface area contributed by atoms with E-state index in [1.807, 2.05) is 0 Å². The Morgan fingerprint density at radius 2 is 1.85 bits per heavy atom. The third-order valence-electron chi connectivity index (χ3n) is 2.49. The number of methoxy groups -OCH3 is 1. The van der Waals surface area contributed by atoms with Gasteiger partial charge in [0.1, 0.15) is 0 Å². The van der Waals surface area contributed by atoms with E-state index >= 15 is 0 Å². The van der Waals surface area contributed by atoms with Crippen molar-refractivity contribution in [2.45, 2.75) is 6.54 Å². The van der Waals surface area contributed by atoms with Gasteiger partial charge >= 0.3 is 0 Å². The van der Waals surface area contributed by atoms with Crippen molar-refractivity contribution in [3.05, 3.63) is 22.7 Å². The lowest BCUT2D eigenvalue weighted by atomic mass is 10.1. The summed E-state index contributed by atoms with van der Waals surface area (Å²) >= 11 is 5.90. The van der Waals surface area contributed by atoms with E-state index in [0.717, 1.165) is 0 Å². The Labute approximate surface area is 121 Å². The molecule has 7 nitrogen and oxygen atoms in total. The van der Waals surface area contributed by atoms with Crippen molar-refractivity contribution in [3.8, 4) is 11.5 Å². The van der Waals surface area contributed by atoms with Gasteiger partial charge in [-0.3, -0.25) is 14.5 Å². The van der Waals surface area contributed by atoms with Crippen LogP contribution in [0.15, 0.2) is 12.1 Å². The number of amides is 2. The van der Waals surface area contributed by atoms with Crippen molar-refractivity contribution < 1.29 is 19.4 Å². The zero-order chi connectivity index (χ0) is 15.3. The minimum atomic E-state index is -0.611. The maximum atomic E-state index is 11.0. The maximum absolute atomic E-state index is 11.0.